The van der Waals surface area contributed by atoms with Crippen LogP contribution in [0.1, 0.15) is 17.7 Å². The summed E-state index contributed by atoms with van der Waals surface area (Å²) < 4.78 is 5.13. The van der Waals surface area contributed by atoms with Crippen molar-refractivity contribution in [2.45, 2.75) is 25.4 Å². The van der Waals surface area contributed by atoms with Crippen LogP contribution in [0, 0.1) is 5.92 Å². The Hall–Kier alpha value is -1.44. The molecule has 3 aliphatic heterocycles. The lowest BCUT2D eigenvalue weighted by atomic mass is 9.94. The Kier molecular flexibility index (Phi) is 5.86. The first-order chi connectivity index (χ1) is 11.7. The number of piperidine rings is 1. The SMILES string of the molecule is COCCN1C(=O)[C@H]2CC[C@@H]1CN(CC(=O)NCc1cccs1)C2. The van der Waals surface area contributed by atoms with Gasteiger partial charge in [-0.1, -0.05) is 6.07 Å². The maximum absolute atomic E-state index is 12.6. The summed E-state index contributed by atoms with van der Waals surface area (Å²) in [7, 11) is 1.66. The van der Waals surface area contributed by atoms with Crippen LogP contribution >= 0.6 is 11.3 Å². The van der Waals surface area contributed by atoms with E-state index in [4.69, 9.17) is 4.74 Å². The minimum absolute atomic E-state index is 0.0192. The zero-order chi connectivity index (χ0) is 16.9. The van der Waals surface area contributed by atoms with Crippen LogP contribution in [0.4, 0.5) is 0 Å². The van der Waals surface area contributed by atoms with Crippen molar-refractivity contribution >= 4 is 23.2 Å². The Morgan fingerprint density at radius 1 is 1.42 bits per heavy atom. The smallest absolute Gasteiger partial charge is 0.234 e. The number of hydrogen-bond acceptors (Lipinski definition) is 5. The molecule has 1 aromatic rings. The molecular formula is C17H25N3O3S. The maximum Gasteiger partial charge on any atom is 0.234 e. The molecule has 2 atom stereocenters. The molecule has 7 heteroatoms. The topological polar surface area (TPSA) is 61.9 Å². The molecule has 2 amide bonds. The number of carbonyl (C=O) groups excluding carboxylic acids is 2. The number of rotatable bonds is 7. The number of nitrogens with zero attached hydrogens (tertiary/aromatic N) is 2. The zero-order valence-corrected chi connectivity index (χ0v) is 14.9. The van der Waals surface area contributed by atoms with Gasteiger partial charge in [-0.15, -0.1) is 11.3 Å². The highest BCUT2D eigenvalue weighted by Crippen LogP contribution is 2.28. The minimum Gasteiger partial charge on any atom is -0.383 e. The number of thiophene rings is 1. The second-order valence-corrected chi connectivity index (χ2v) is 7.53. The molecule has 3 aliphatic rings. The molecule has 132 valence electrons. The van der Waals surface area contributed by atoms with Crippen LogP contribution in [0.3, 0.4) is 0 Å². The van der Waals surface area contributed by atoms with E-state index in [1.54, 1.807) is 18.4 Å². The summed E-state index contributed by atoms with van der Waals surface area (Å²) in [5.41, 5.74) is 0. The van der Waals surface area contributed by atoms with Gasteiger partial charge in [0.15, 0.2) is 0 Å². The molecule has 6 nitrogen and oxygen atoms in total. The number of fused-ring (bicyclic) bond motifs is 4. The normalized spacial score (nSPS) is 24.2. The Bertz CT molecular complexity index is 563. The quantitative estimate of drug-likeness (QED) is 0.794. The van der Waals surface area contributed by atoms with E-state index in [0.29, 0.717) is 32.8 Å². The molecule has 2 bridgehead atoms. The summed E-state index contributed by atoms with van der Waals surface area (Å²) in [4.78, 5) is 30.0. The van der Waals surface area contributed by atoms with Crippen molar-refractivity contribution in [3.63, 3.8) is 0 Å². The van der Waals surface area contributed by atoms with Crippen LogP contribution in [-0.4, -0.2) is 67.6 Å². The molecule has 0 radical (unpaired) electrons. The third-order valence-electron chi connectivity index (χ3n) is 4.81. The average molecular weight is 351 g/mol. The van der Waals surface area contributed by atoms with Gasteiger partial charge in [0.2, 0.25) is 11.8 Å². The molecule has 0 unspecified atom stereocenters. The summed E-state index contributed by atoms with van der Waals surface area (Å²) in [6.07, 6.45) is 1.95. The molecule has 3 saturated heterocycles. The number of ether oxygens (including phenoxy) is 1. The van der Waals surface area contributed by atoms with Crippen molar-refractivity contribution in [1.29, 1.82) is 0 Å². The van der Waals surface area contributed by atoms with Gasteiger partial charge in [-0.25, -0.2) is 0 Å². The van der Waals surface area contributed by atoms with Crippen molar-refractivity contribution in [3.05, 3.63) is 22.4 Å². The van der Waals surface area contributed by atoms with E-state index in [2.05, 4.69) is 10.2 Å². The largest absolute Gasteiger partial charge is 0.383 e. The van der Waals surface area contributed by atoms with E-state index in [-0.39, 0.29) is 23.8 Å². The van der Waals surface area contributed by atoms with E-state index in [9.17, 15) is 9.59 Å². The fourth-order valence-corrected chi connectivity index (χ4v) is 4.24. The summed E-state index contributed by atoms with van der Waals surface area (Å²) >= 11 is 1.64. The number of hydrogen-bond donors (Lipinski definition) is 1. The molecule has 3 fully saturated rings. The molecule has 0 aromatic carbocycles. The van der Waals surface area contributed by atoms with E-state index in [1.807, 2.05) is 22.4 Å². The highest BCUT2D eigenvalue weighted by molar-refractivity contribution is 7.09. The highest BCUT2D eigenvalue weighted by atomic mass is 32.1. The third kappa shape index (κ3) is 4.15. The molecule has 0 saturated carbocycles. The molecule has 24 heavy (non-hydrogen) atoms. The van der Waals surface area contributed by atoms with Crippen molar-refractivity contribution in [2.75, 3.05) is 39.9 Å². The van der Waals surface area contributed by atoms with Crippen LogP contribution in [0.5, 0.6) is 0 Å². The van der Waals surface area contributed by atoms with Gasteiger partial charge in [0.05, 0.1) is 25.6 Å². The Balaban J connectivity index is 1.54. The van der Waals surface area contributed by atoms with Crippen molar-refractivity contribution in [3.8, 4) is 0 Å². The lowest BCUT2D eigenvalue weighted by molar-refractivity contribution is -0.140. The number of nitrogens with one attached hydrogen (secondary N) is 1. The van der Waals surface area contributed by atoms with Crippen LogP contribution in [-0.2, 0) is 20.9 Å². The standard InChI is InChI=1S/C17H25N3O3S/c1-23-7-6-20-14-5-4-13(17(20)22)10-19(11-14)12-16(21)18-9-15-3-2-8-24-15/h2-3,8,13-14H,4-7,9-12H2,1H3,(H,18,21)/t13-,14+/m0/s1. The van der Waals surface area contributed by atoms with Gasteiger partial charge in [-0.2, -0.15) is 0 Å². The molecular weight excluding hydrogens is 326 g/mol. The van der Waals surface area contributed by atoms with E-state index >= 15 is 0 Å². The molecule has 0 aliphatic carbocycles. The first kappa shape index (κ1) is 17.4. The molecule has 1 aromatic heterocycles. The molecule has 1 N–H and O–H groups in total. The van der Waals surface area contributed by atoms with Gasteiger partial charge < -0.3 is 15.0 Å². The van der Waals surface area contributed by atoms with Gasteiger partial charge in [0, 0.05) is 37.7 Å². The summed E-state index contributed by atoms with van der Waals surface area (Å²) in [5.74, 6) is 0.274. The molecule has 0 spiro atoms. The predicted molar refractivity (Wildman–Crippen MR) is 92.7 cm³/mol. The van der Waals surface area contributed by atoms with Crippen LogP contribution < -0.4 is 5.32 Å². The second kappa shape index (κ2) is 8.09. The van der Waals surface area contributed by atoms with Crippen molar-refractivity contribution in [2.24, 2.45) is 5.92 Å². The summed E-state index contributed by atoms with van der Waals surface area (Å²) in [6.45, 7) is 3.62. The Morgan fingerprint density at radius 2 is 2.29 bits per heavy atom. The summed E-state index contributed by atoms with van der Waals surface area (Å²) in [6, 6.07) is 4.21. The van der Waals surface area contributed by atoms with Crippen molar-refractivity contribution < 1.29 is 14.3 Å². The van der Waals surface area contributed by atoms with E-state index in [1.165, 1.54) is 0 Å². The number of carbonyl (C=O) groups is 2. The van der Waals surface area contributed by atoms with Gasteiger partial charge >= 0.3 is 0 Å². The van der Waals surface area contributed by atoms with Gasteiger partial charge in [0.25, 0.3) is 0 Å². The van der Waals surface area contributed by atoms with E-state index < -0.39 is 0 Å². The predicted octanol–water partition coefficient (Wildman–Crippen LogP) is 0.933. The minimum atomic E-state index is 0.0192. The van der Waals surface area contributed by atoms with E-state index in [0.717, 1.165) is 24.3 Å². The first-order valence-corrected chi connectivity index (χ1v) is 9.36. The number of methoxy groups -OCH3 is 1. The molecule has 4 heterocycles. The third-order valence-corrected chi connectivity index (χ3v) is 5.69. The van der Waals surface area contributed by atoms with Crippen molar-refractivity contribution in [1.82, 2.24) is 15.1 Å². The van der Waals surface area contributed by atoms with Gasteiger partial charge in [0.1, 0.15) is 0 Å². The summed E-state index contributed by atoms with van der Waals surface area (Å²) in [5, 5.41) is 4.98. The van der Waals surface area contributed by atoms with Gasteiger partial charge in [-0.3, -0.25) is 14.5 Å². The van der Waals surface area contributed by atoms with Crippen LogP contribution in [0.15, 0.2) is 17.5 Å². The first-order valence-electron chi connectivity index (χ1n) is 8.48. The molecule has 4 rings (SSSR count). The van der Waals surface area contributed by atoms with Gasteiger partial charge in [-0.05, 0) is 24.3 Å². The number of amides is 2. The Labute approximate surface area is 146 Å². The fraction of sp³-hybridized carbons (Fsp3) is 0.647. The maximum atomic E-state index is 12.6. The second-order valence-electron chi connectivity index (χ2n) is 6.50. The lowest BCUT2D eigenvalue weighted by Crippen LogP contribution is -2.49. The Morgan fingerprint density at radius 3 is 3.04 bits per heavy atom. The monoisotopic (exact) mass is 351 g/mol. The van der Waals surface area contributed by atoms with Crippen LogP contribution in [0.2, 0.25) is 0 Å². The lowest BCUT2D eigenvalue weighted by Gasteiger charge is -2.35. The van der Waals surface area contributed by atoms with Crippen LogP contribution in [0.25, 0.3) is 0 Å². The zero-order valence-electron chi connectivity index (χ0n) is 14.1. The average Bonchev–Trinajstić information content (AvgIpc) is 2.96. The fourth-order valence-electron chi connectivity index (χ4n) is 3.60. The highest BCUT2D eigenvalue weighted by Gasteiger charge is 2.40.